The quantitative estimate of drug-likeness (QED) is 0.710. The third-order valence-electron chi connectivity index (χ3n) is 5.78. The van der Waals surface area contributed by atoms with E-state index in [1.54, 1.807) is 37.9 Å². The number of carbonyl (C=O) groups is 3. The van der Waals surface area contributed by atoms with Crippen LogP contribution in [0.15, 0.2) is 60.3 Å². The van der Waals surface area contributed by atoms with E-state index in [1.165, 1.54) is 11.1 Å². The highest BCUT2D eigenvalue weighted by Gasteiger charge is 2.56. The van der Waals surface area contributed by atoms with Gasteiger partial charge >= 0.3 is 12.1 Å². The number of rotatable bonds is 3. The van der Waals surface area contributed by atoms with Crippen LogP contribution in [0.4, 0.5) is 16.2 Å². The Kier molecular flexibility index (Phi) is 5.27. The van der Waals surface area contributed by atoms with Gasteiger partial charge in [-0.2, -0.15) is 0 Å². The van der Waals surface area contributed by atoms with Gasteiger partial charge in [-0.05, 0) is 43.5 Å². The Morgan fingerprint density at radius 1 is 0.968 bits per heavy atom. The summed E-state index contributed by atoms with van der Waals surface area (Å²) in [6.07, 6.45) is 1.00. The molecule has 2 aromatic carbocycles. The Hall–Kier alpha value is -3.61. The fraction of sp³-hybridized carbons (Fsp3) is 0.292. The molecular formula is C24H24N2O5. The average molecular weight is 420 g/mol. The lowest BCUT2D eigenvalue weighted by Gasteiger charge is -2.29. The minimum Gasteiger partial charge on any atom is -0.463 e. The number of benzene rings is 2. The summed E-state index contributed by atoms with van der Waals surface area (Å²) in [6, 6.07) is 14.7. The predicted octanol–water partition coefficient (Wildman–Crippen LogP) is 3.57. The lowest BCUT2D eigenvalue weighted by atomic mass is 9.71. The molecule has 0 fully saturated rings. The number of para-hydroxylation sites is 2. The fourth-order valence-electron chi connectivity index (χ4n) is 4.43. The first-order valence-corrected chi connectivity index (χ1v) is 10.3. The van der Waals surface area contributed by atoms with Gasteiger partial charge in [-0.3, -0.25) is 9.69 Å². The van der Waals surface area contributed by atoms with Crippen molar-refractivity contribution in [2.45, 2.75) is 25.7 Å². The largest absolute Gasteiger partial charge is 0.463 e. The number of anilines is 2. The molecule has 2 heterocycles. The second-order valence-corrected chi connectivity index (χ2v) is 7.42. The van der Waals surface area contributed by atoms with Crippen LogP contribution in [0.25, 0.3) is 0 Å². The summed E-state index contributed by atoms with van der Waals surface area (Å²) >= 11 is 0. The molecule has 31 heavy (non-hydrogen) atoms. The van der Waals surface area contributed by atoms with Crippen LogP contribution in [-0.4, -0.2) is 38.2 Å². The van der Waals surface area contributed by atoms with E-state index in [2.05, 4.69) is 0 Å². The molecule has 2 amide bonds. The summed E-state index contributed by atoms with van der Waals surface area (Å²) in [4.78, 5) is 42.7. The Morgan fingerprint density at radius 3 is 2.32 bits per heavy atom. The van der Waals surface area contributed by atoms with Crippen LogP contribution >= 0.6 is 0 Å². The molecule has 2 aliphatic rings. The molecule has 1 spiro atoms. The summed E-state index contributed by atoms with van der Waals surface area (Å²) in [5, 5.41) is 0. The maximum absolute atomic E-state index is 13.8. The van der Waals surface area contributed by atoms with Gasteiger partial charge in [0.2, 0.25) is 5.91 Å². The number of esters is 1. The second kappa shape index (κ2) is 7.91. The summed E-state index contributed by atoms with van der Waals surface area (Å²) in [7, 11) is 1.69. The summed E-state index contributed by atoms with van der Waals surface area (Å²) in [5.74, 6) is -0.878. The van der Waals surface area contributed by atoms with Crippen molar-refractivity contribution in [3.05, 3.63) is 71.4 Å². The van der Waals surface area contributed by atoms with Crippen LogP contribution in [0.1, 0.15) is 25.0 Å². The summed E-state index contributed by atoms with van der Waals surface area (Å²) < 4.78 is 10.6. The van der Waals surface area contributed by atoms with Gasteiger partial charge in [0.15, 0.2) is 0 Å². The maximum atomic E-state index is 13.8. The maximum Gasteiger partial charge on any atom is 0.418 e. The monoisotopic (exact) mass is 420 g/mol. The predicted molar refractivity (Wildman–Crippen MR) is 116 cm³/mol. The van der Waals surface area contributed by atoms with Crippen molar-refractivity contribution in [3.63, 3.8) is 0 Å². The Morgan fingerprint density at radius 2 is 1.61 bits per heavy atom. The van der Waals surface area contributed by atoms with Crippen molar-refractivity contribution in [2.75, 3.05) is 30.1 Å². The van der Waals surface area contributed by atoms with Crippen LogP contribution in [0.5, 0.6) is 0 Å². The van der Waals surface area contributed by atoms with Crippen molar-refractivity contribution in [1.82, 2.24) is 0 Å². The van der Waals surface area contributed by atoms with Gasteiger partial charge in [0.1, 0.15) is 5.41 Å². The molecule has 2 aliphatic heterocycles. The summed E-state index contributed by atoms with van der Waals surface area (Å²) in [5.41, 5.74) is 1.56. The number of carbonyl (C=O) groups excluding carboxylic acids is 3. The molecule has 0 saturated carbocycles. The number of hydrogen-bond donors (Lipinski definition) is 0. The normalized spacial score (nSPS) is 19.5. The number of amides is 2. The molecule has 1 atom stereocenters. The molecule has 1 unspecified atom stereocenters. The Balaban J connectivity index is 2.03. The van der Waals surface area contributed by atoms with Gasteiger partial charge in [0, 0.05) is 18.9 Å². The number of fused-ring (bicyclic) bond motifs is 3. The van der Waals surface area contributed by atoms with Gasteiger partial charge in [-0.25, -0.2) is 9.59 Å². The van der Waals surface area contributed by atoms with E-state index in [-0.39, 0.29) is 31.1 Å². The third kappa shape index (κ3) is 3.08. The topological polar surface area (TPSA) is 76.1 Å². The molecule has 160 valence electrons. The molecule has 0 bridgehead atoms. The molecule has 0 radical (unpaired) electrons. The fourth-order valence-corrected chi connectivity index (χ4v) is 4.43. The van der Waals surface area contributed by atoms with Crippen LogP contribution in [0, 0.1) is 0 Å². The van der Waals surface area contributed by atoms with Crippen molar-refractivity contribution < 1.29 is 23.9 Å². The standard InChI is InChI=1S/C24H24N2O5/c1-4-30-21(27)18-15-26(23(29)31-5-2)19-12-8-6-10-16(19)14-24(18)17-11-7-9-13-20(17)25(3)22(24)28/h6-13,15H,4-5,14H2,1-3H3. The van der Waals surface area contributed by atoms with E-state index in [0.29, 0.717) is 11.3 Å². The zero-order chi connectivity index (χ0) is 22.2. The van der Waals surface area contributed by atoms with Crippen LogP contribution in [0.3, 0.4) is 0 Å². The molecule has 0 N–H and O–H groups in total. The molecular weight excluding hydrogens is 396 g/mol. The second-order valence-electron chi connectivity index (χ2n) is 7.42. The lowest BCUT2D eigenvalue weighted by molar-refractivity contribution is -0.140. The molecule has 2 aromatic rings. The van der Waals surface area contributed by atoms with E-state index in [4.69, 9.17) is 9.47 Å². The van der Waals surface area contributed by atoms with Crippen molar-refractivity contribution in [3.8, 4) is 0 Å². The molecule has 7 nitrogen and oxygen atoms in total. The highest BCUT2D eigenvalue weighted by molar-refractivity contribution is 6.16. The van der Waals surface area contributed by atoms with Gasteiger partial charge in [-0.1, -0.05) is 36.4 Å². The van der Waals surface area contributed by atoms with E-state index in [0.717, 1.165) is 11.3 Å². The number of likely N-dealkylation sites (N-methyl/N-ethyl adjacent to an activating group) is 1. The Labute approximate surface area is 180 Å². The van der Waals surface area contributed by atoms with Gasteiger partial charge in [-0.15, -0.1) is 0 Å². The van der Waals surface area contributed by atoms with Crippen molar-refractivity contribution >= 4 is 29.3 Å². The van der Waals surface area contributed by atoms with Crippen LogP contribution in [-0.2, 0) is 30.9 Å². The first-order valence-electron chi connectivity index (χ1n) is 10.3. The van der Waals surface area contributed by atoms with Gasteiger partial charge < -0.3 is 14.4 Å². The number of nitrogens with zero attached hydrogens (tertiary/aromatic N) is 2. The van der Waals surface area contributed by atoms with E-state index >= 15 is 0 Å². The molecule has 0 saturated heterocycles. The first-order chi connectivity index (χ1) is 15.0. The minimum atomic E-state index is -1.31. The first kappa shape index (κ1) is 20.7. The van der Waals surface area contributed by atoms with Crippen molar-refractivity contribution in [1.29, 1.82) is 0 Å². The molecule has 0 aliphatic carbocycles. The van der Waals surface area contributed by atoms with Gasteiger partial charge in [0.25, 0.3) is 0 Å². The number of ether oxygens (including phenoxy) is 2. The van der Waals surface area contributed by atoms with Gasteiger partial charge in [0.05, 0.1) is 24.5 Å². The minimum absolute atomic E-state index is 0.111. The third-order valence-corrected chi connectivity index (χ3v) is 5.78. The van der Waals surface area contributed by atoms with E-state index < -0.39 is 17.5 Å². The zero-order valence-corrected chi connectivity index (χ0v) is 17.8. The Bertz CT molecular complexity index is 1090. The molecule has 4 rings (SSSR count). The zero-order valence-electron chi connectivity index (χ0n) is 17.8. The molecule has 7 heteroatoms. The van der Waals surface area contributed by atoms with Crippen molar-refractivity contribution in [2.24, 2.45) is 0 Å². The lowest BCUT2D eigenvalue weighted by Crippen LogP contribution is -2.44. The molecule has 0 aromatic heterocycles. The highest BCUT2D eigenvalue weighted by Crippen LogP contribution is 2.50. The van der Waals surface area contributed by atoms with E-state index in [1.807, 2.05) is 36.4 Å². The summed E-state index contributed by atoms with van der Waals surface area (Å²) in [6.45, 7) is 3.74. The smallest absolute Gasteiger partial charge is 0.418 e. The van der Waals surface area contributed by atoms with Crippen LogP contribution < -0.4 is 9.80 Å². The van der Waals surface area contributed by atoms with Crippen LogP contribution in [0.2, 0.25) is 0 Å². The van der Waals surface area contributed by atoms with E-state index in [9.17, 15) is 14.4 Å². The SMILES string of the molecule is CCOC(=O)C1=CN(C(=O)OCC)c2ccccc2CC12C(=O)N(C)c1ccccc12. The highest BCUT2D eigenvalue weighted by atomic mass is 16.6. The average Bonchev–Trinajstić information content (AvgIpc) is 2.90. The number of hydrogen-bond acceptors (Lipinski definition) is 5.